The highest BCUT2D eigenvalue weighted by Crippen LogP contribution is 2.30. The lowest BCUT2D eigenvalue weighted by Gasteiger charge is -2.36. The number of hydrogen-bond donors (Lipinski definition) is 5. The Hall–Kier alpha value is -4.37. The smallest absolute Gasteiger partial charge is 0.265 e. The van der Waals surface area contributed by atoms with E-state index in [0.717, 1.165) is 105 Å². The van der Waals surface area contributed by atoms with E-state index in [2.05, 4.69) is 43.2 Å². The van der Waals surface area contributed by atoms with Gasteiger partial charge in [0.2, 0.25) is 17.7 Å². The number of amides is 4. The van der Waals surface area contributed by atoms with Crippen molar-refractivity contribution >= 4 is 40.7 Å². The zero-order chi connectivity index (χ0) is 44.6. The zero-order valence-corrected chi connectivity index (χ0v) is 38.8. The number of carbonyl (C=O) groups excluding carboxylic acids is 4. The summed E-state index contributed by atoms with van der Waals surface area (Å²) in [5, 5.41) is 16.7. The van der Waals surface area contributed by atoms with Crippen molar-refractivity contribution in [2.24, 2.45) is 5.41 Å². The molecular weight excluding hydrogens is 801 g/mol. The molecule has 2 aliphatic rings. The number of unbranched alkanes of at least 4 members (excludes halogenated alkanes) is 7. The van der Waals surface area contributed by atoms with Gasteiger partial charge in [0.15, 0.2) is 0 Å². The SMILES string of the molecule is CCCCCCNNC(=O)c1ccc(N2CCN(CCCCCCCC(=O)NC(C(=O)N3CC(O)CC3C(=O)NC(C)c3ccc(-c4scnc4C)cc3)C(C)(C)C)CC2)cc1. The first kappa shape index (κ1) is 48.7. The summed E-state index contributed by atoms with van der Waals surface area (Å²) < 4.78 is 0. The minimum atomic E-state index is -0.839. The minimum Gasteiger partial charge on any atom is -0.391 e. The molecule has 4 unspecified atom stereocenters. The number of anilines is 1. The Kier molecular flexibility index (Phi) is 18.8. The Morgan fingerprint density at radius 3 is 2.21 bits per heavy atom. The van der Waals surface area contributed by atoms with Gasteiger partial charge in [-0.25, -0.2) is 10.4 Å². The van der Waals surface area contributed by atoms with Crippen molar-refractivity contribution in [2.75, 3.05) is 50.7 Å². The first-order valence-corrected chi connectivity index (χ1v) is 23.8. The number of rotatable bonds is 22. The van der Waals surface area contributed by atoms with E-state index < -0.39 is 23.6 Å². The second kappa shape index (κ2) is 23.9. The third-order valence-corrected chi connectivity index (χ3v) is 13.1. The molecule has 3 heterocycles. The molecule has 14 heteroatoms. The maximum Gasteiger partial charge on any atom is 0.265 e. The average molecular weight is 873 g/mol. The van der Waals surface area contributed by atoms with Gasteiger partial charge >= 0.3 is 0 Å². The molecule has 340 valence electrons. The highest BCUT2D eigenvalue weighted by molar-refractivity contribution is 7.13. The normalized spacial score (nSPS) is 18.0. The van der Waals surface area contributed by atoms with Crippen LogP contribution in [0.15, 0.2) is 54.0 Å². The average Bonchev–Trinajstić information content (AvgIpc) is 3.88. The summed E-state index contributed by atoms with van der Waals surface area (Å²) in [7, 11) is 0. The van der Waals surface area contributed by atoms with Crippen LogP contribution < -0.4 is 26.4 Å². The van der Waals surface area contributed by atoms with Crippen LogP contribution in [-0.4, -0.2) is 108 Å². The summed E-state index contributed by atoms with van der Waals surface area (Å²) >= 11 is 1.59. The van der Waals surface area contributed by atoms with E-state index in [9.17, 15) is 24.3 Å². The van der Waals surface area contributed by atoms with E-state index >= 15 is 0 Å². The molecule has 0 aliphatic carbocycles. The number of aromatic nitrogens is 1. The number of β-amino-alcohol motifs (C(OH)–C–C–N with tert-alkyl or cyclic N) is 1. The van der Waals surface area contributed by atoms with Gasteiger partial charge in [0.25, 0.3) is 5.91 Å². The summed E-state index contributed by atoms with van der Waals surface area (Å²) in [4.78, 5) is 65.2. The lowest BCUT2D eigenvalue weighted by molar-refractivity contribution is -0.144. The van der Waals surface area contributed by atoms with Gasteiger partial charge in [-0.1, -0.05) is 90.5 Å². The third kappa shape index (κ3) is 14.3. The van der Waals surface area contributed by atoms with Gasteiger partial charge in [0.1, 0.15) is 12.1 Å². The standard InChI is InChI=1S/C48H72N8O5S/c1-7-8-9-14-25-50-53-45(59)38-21-23-39(24-22-38)55-29-27-54(28-30-55)26-15-12-10-11-13-16-42(58)52-44(48(4,5)6)47(61)56-32-40(57)31-41(56)46(60)51-34(2)36-17-19-37(20-18-36)43-35(3)49-33-62-43/h17-24,33-34,40-41,44,50,57H,7-16,25-32H2,1-6H3,(H,51,60)(H,52,58)(H,53,59). The van der Waals surface area contributed by atoms with Crippen LogP contribution in [0.5, 0.6) is 0 Å². The third-order valence-electron chi connectivity index (χ3n) is 12.2. The molecule has 0 bridgehead atoms. The van der Waals surface area contributed by atoms with E-state index in [-0.39, 0.29) is 42.6 Å². The lowest BCUT2D eigenvalue weighted by Crippen LogP contribution is -2.57. The van der Waals surface area contributed by atoms with Crippen LogP contribution in [0.4, 0.5) is 5.69 Å². The van der Waals surface area contributed by atoms with Crippen molar-refractivity contribution in [1.29, 1.82) is 0 Å². The van der Waals surface area contributed by atoms with Gasteiger partial charge in [0, 0.05) is 63.4 Å². The van der Waals surface area contributed by atoms with Crippen molar-refractivity contribution in [1.82, 2.24) is 36.3 Å². The summed E-state index contributed by atoms with van der Waals surface area (Å²) in [5.74, 6) is -0.952. The molecule has 3 aromatic rings. The highest BCUT2D eigenvalue weighted by Gasteiger charge is 2.44. The molecule has 4 atom stereocenters. The minimum absolute atomic E-state index is 0.0408. The molecule has 13 nitrogen and oxygen atoms in total. The van der Waals surface area contributed by atoms with Crippen LogP contribution in [0, 0.1) is 12.3 Å². The molecule has 2 fully saturated rings. The highest BCUT2D eigenvalue weighted by atomic mass is 32.1. The molecule has 2 aromatic carbocycles. The predicted octanol–water partition coefficient (Wildman–Crippen LogP) is 6.77. The number of aliphatic hydroxyl groups excluding tert-OH is 1. The van der Waals surface area contributed by atoms with Gasteiger partial charge in [-0.3, -0.25) is 29.5 Å². The number of benzene rings is 2. The van der Waals surface area contributed by atoms with Gasteiger partial charge in [-0.15, -0.1) is 11.3 Å². The number of hydrazine groups is 1. The van der Waals surface area contributed by atoms with Crippen LogP contribution in [0.2, 0.25) is 0 Å². The molecule has 0 radical (unpaired) electrons. The molecule has 0 spiro atoms. The Bertz CT molecular complexity index is 1870. The molecule has 5 rings (SSSR count). The van der Waals surface area contributed by atoms with Crippen LogP contribution in [0.1, 0.15) is 133 Å². The molecule has 4 amide bonds. The number of nitrogens with one attached hydrogen (secondary N) is 4. The number of likely N-dealkylation sites (tertiary alicyclic amines) is 1. The van der Waals surface area contributed by atoms with Crippen molar-refractivity contribution < 1.29 is 24.3 Å². The maximum atomic E-state index is 14.1. The molecule has 62 heavy (non-hydrogen) atoms. The van der Waals surface area contributed by atoms with Gasteiger partial charge < -0.3 is 25.5 Å². The first-order chi connectivity index (χ1) is 29.7. The summed E-state index contributed by atoms with van der Waals surface area (Å²) in [6.07, 6.45) is 9.19. The van der Waals surface area contributed by atoms with Crippen LogP contribution in [0.25, 0.3) is 10.4 Å². The van der Waals surface area contributed by atoms with E-state index in [1.807, 2.05) is 88.7 Å². The van der Waals surface area contributed by atoms with E-state index in [0.29, 0.717) is 12.0 Å². The fourth-order valence-electron chi connectivity index (χ4n) is 8.31. The predicted molar refractivity (Wildman–Crippen MR) is 249 cm³/mol. The second-order valence-corrected chi connectivity index (χ2v) is 19.1. The largest absolute Gasteiger partial charge is 0.391 e. The summed E-state index contributed by atoms with van der Waals surface area (Å²) in [6.45, 7) is 17.6. The van der Waals surface area contributed by atoms with E-state index in [1.165, 1.54) is 24.2 Å². The fourth-order valence-corrected chi connectivity index (χ4v) is 9.12. The number of aliphatic hydroxyl groups is 1. The number of hydrogen-bond acceptors (Lipinski definition) is 10. The number of carbonyl (C=O) groups is 4. The van der Waals surface area contributed by atoms with Crippen LogP contribution in [0.3, 0.4) is 0 Å². The van der Waals surface area contributed by atoms with E-state index in [1.54, 1.807) is 11.3 Å². The molecule has 0 saturated carbocycles. The second-order valence-electron chi connectivity index (χ2n) is 18.2. The Morgan fingerprint density at radius 1 is 0.871 bits per heavy atom. The van der Waals surface area contributed by atoms with Gasteiger partial charge in [-0.2, -0.15) is 0 Å². The monoisotopic (exact) mass is 873 g/mol. The fraction of sp³-hybridized carbons (Fsp3) is 0.604. The molecule has 5 N–H and O–H groups in total. The van der Waals surface area contributed by atoms with Crippen molar-refractivity contribution in [3.63, 3.8) is 0 Å². The molecule has 2 aliphatic heterocycles. The lowest BCUT2D eigenvalue weighted by atomic mass is 9.85. The van der Waals surface area contributed by atoms with Crippen molar-refractivity contribution in [3.05, 3.63) is 70.9 Å². The molecule has 1 aromatic heterocycles. The van der Waals surface area contributed by atoms with Gasteiger partial charge in [-0.05, 0) is 80.5 Å². The Balaban J connectivity index is 0.975. The topological polar surface area (TPSA) is 159 Å². The maximum absolute atomic E-state index is 14.1. The number of piperazine rings is 1. The van der Waals surface area contributed by atoms with Crippen molar-refractivity contribution in [2.45, 2.75) is 136 Å². The summed E-state index contributed by atoms with van der Waals surface area (Å²) in [6, 6.07) is 13.9. The quantitative estimate of drug-likeness (QED) is 0.0543. The first-order valence-electron chi connectivity index (χ1n) is 22.9. The van der Waals surface area contributed by atoms with Gasteiger partial charge in [0.05, 0.1) is 28.2 Å². The van der Waals surface area contributed by atoms with E-state index in [4.69, 9.17) is 0 Å². The molecular formula is C48H72N8O5S. The van der Waals surface area contributed by atoms with Crippen LogP contribution >= 0.6 is 11.3 Å². The Labute approximate surface area is 373 Å². The van der Waals surface area contributed by atoms with Crippen LogP contribution in [-0.2, 0) is 14.4 Å². The number of thiazole rings is 1. The zero-order valence-electron chi connectivity index (χ0n) is 38.0. The number of nitrogens with zero attached hydrogens (tertiary/aromatic N) is 4. The Morgan fingerprint density at radius 2 is 1.55 bits per heavy atom. The number of aryl methyl sites for hydroxylation is 1. The molecule has 2 saturated heterocycles. The summed E-state index contributed by atoms with van der Waals surface area (Å²) in [5.41, 5.74) is 11.8. The van der Waals surface area contributed by atoms with Crippen molar-refractivity contribution in [3.8, 4) is 10.4 Å².